The van der Waals surface area contributed by atoms with Gasteiger partial charge in [0.25, 0.3) is 0 Å². The Morgan fingerprint density at radius 3 is 2.36 bits per heavy atom. The third kappa shape index (κ3) is 3.73. The molecule has 0 radical (unpaired) electrons. The Morgan fingerprint density at radius 1 is 1.36 bits per heavy atom. The Kier molecular flexibility index (Phi) is 5.48. The average molecular weight is 311 g/mol. The van der Waals surface area contributed by atoms with Crippen LogP contribution in [-0.2, 0) is 6.18 Å². The number of hydrogen-bond donors (Lipinski definition) is 0. The summed E-state index contributed by atoms with van der Waals surface area (Å²) >= 11 is 0. The molecule has 0 amide bonds. The maximum atomic E-state index is 13.1. The van der Waals surface area contributed by atoms with Gasteiger partial charge in [-0.15, -0.1) is 0 Å². The van der Waals surface area contributed by atoms with Gasteiger partial charge in [-0.05, 0) is 32.0 Å². The zero-order chi connectivity index (χ0) is 17.1. The number of rotatable bonds is 5. The summed E-state index contributed by atoms with van der Waals surface area (Å²) in [6, 6.07) is 5.22. The van der Waals surface area contributed by atoms with Gasteiger partial charge in [-0.3, -0.25) is 0 Å². The average Bonchev–Trinajstić information content (AvgIpc) is 2.45. The van der Waals surface area contributed by atoms with E-state index in [1.165, 1.54) is 12.1 Å². The Bertz CT molecular complexity index is 585. The number of hydrogen-bond acceptors (Lipinski definition) is 3. The number of halogens is 3. The summed E-state index contributed by atoms with van der Waals surface area (Å²) in [5, 5.41) is 8.85. The number of likely N-dealkylation sites (N-methyl/N-ethyl adjacent to an activating group) is 2. The van der Waals surface area contributed by atoms with Gasteiger partial charge < -0.3 is 9.80 Å². The monoisotopic (exact) mass is 311 g/mol. The number of alkyl halides is 3. The number of nitriles is 1. The van der Waals surface area contributed by atoms with Crippen molar-refractivity contribution in [1.29, 1.82) is 5.26 Å². The molecule has 0 heterocycles. The van der Waals surface area contributed by atoms with Crippen LogP contribution in [0.25, 0.3) is 0 Å². The van der Waals surface area contributed by atoms with Crippen molar-refractivity contribution in [3.63, 3.8) is 0 Å². The summed E-state index contributed by atoms with van der Waals surface area (Å²) in [5.41, 5.74) is -0.0656. The quantitative estimate of drug-likeness (QED) is 0.827. The van der Waals surface area contributed by atoms with Crippen LogP contribution in [0.15, 0.2) is 30.5 Å². The first-order valence-corrected chi connectivity index (χ1v) is 6.87. The molecule has 120 valence electrons. The minimum absolute atomic E-state index is 0.158. The Labute approximate surface area is 129 Å². The molecule has 1 aromatic rings. The zero-order valence-electron chi connectivity index (χ0n) is 13.2. The van der Waals surface area contributed by atoms with E-state index in [1.54, 1.807) is 6.07 Å². The summed E-state index contributed by atoms with van der Waals surface area (Å²) < 4.78 is 39.2. The van der Waals surface area contributed by atoms with Crippen molar-refractivity contribution in [3.8, 4) is 6.07 Å². The van der Waals surface area contributed by atoms with Gasteiger partial charge in [-0.2, -0.15) is 18.4 Å². The minimum Gasteiger partial charge on any atom is -0.380 e. The van der Waals surface area contributed by atoms with Crippen LogP contribution >= 0.6 is 0 Å². The predicted octanol–water partition coefficient (Wildman–Crippen LogP) is 3.87. The van der Waals surface area contributed by atoms with Gasteiger partial charge in [-0.25, -0.2) is 0 Å². The summed E-state index contributed by atoms with van der Waals surface area (Å²) in [5.74, 6) is 0. The number of anilines is 1. The summed E-state index contributed by atoms with van der Waals surface area (Å²) in [4.78, 5) is 3.65. The molecule has 1 unspecified atom stereocenters. The number of benzene rings is 1. The Balaban J connectivity index is 3.30. The van der Waals surface area contributed by atoms with Crippen LogP contribution in [0.4, 0.5) is 18.9 Å². The fourth-order valence-electron chi connectivity index (χ4n) is 2.28. The lowest BCUT2D eigenvalue weighted by molar-refractivity contribution is -0.137. The summed E-state index contributed by atoms with van der Waals surface area (Å²) in [7, 11) is 3.68. The molecule has 0 fully saturated rings. The van der Waals surface area contributed by atoms with Crippen LogP contribution in [0.2, 0.25) is 0 Å². The molecule has 0 N–H and O–H groups in total. The molecule has 0 aliphatic carbocycles. The molecule has 3 nitrogen and oxygen atoms in total. The second-order valence-electron chi connectivity index (χ2n) is 5.19. The van der Waals surface area contributed by atoms with Crippen molar-refractivity contribution in [2.75, 3.05) is 25.5 Å². The van der Waals surface area contributed by atoms with E-state index in [-0.39, 0.29) is 11.6 Å². The van der Waals surface area contributed by atoms with Crippen LogP contribution in [0.3, 0.4) is 0 Å². The van der Waals surface area contributed by atoms with Crippen LogP contribution in [-0.4, -0.2) is 31.6 Å². The molecule has 0 spiro atoms. The standard InChI is InChI=1S/C16H20F3N3/c1-6-22(12(3)11(2)21(4)5)14-8-7-13(10-20)15(9-14)16(17,18)19/h7-9,12H,2,6H2,1,3-5H3. The third-order valence-electron chi connectivity index (χ3n) is 3.63. The lowest BCUT2D eigenvalue weighted by Gasteiger charge is -2.34. The largest absolute Gasteiger partial charge is 0.417 e. The van der Waals surface area contributed by atoms with Crippen molar-refractivity contribution in [1.82, 2.24) is 4.90 Å². The van der Waals surface area contributed by atoms with Crippen LogP contribution in [0.5, 0.6) is 0 Å². The second kappa shape index (κ2) is 6.73. The molecule has 1 atom stereocenters. The minimum atomic E-state index is -4.55. The number of nitrogens with zero attached hydrogens (tertiary/aromatic N) is 3. The van der Waals surface area contributed by atoms with Crippen molar-refractivity contribution in [2.45, 2.75) is 26.1 Å². The van der Waals surface area contributed by atoms with Crippen LogP contribution in [0.1, 0.15) is 25.0 Å². The normalized spacial score (nSPS) is 12.5. The highest BCUT2D eigenvalue weighted by Crippen LogP contribution is 2.35. The second-order valence-corrected chi connectivity index (χ2v) is 5.19. The van der Waals surface area contributed by atoms with Gasteiger partial charge in [0.2, 0.25) is 0 Å². The van der Waals surface area contributed by atoms with Gasteiger partial charge in [0.15, 0.2) is 0 Å². The molecule has 0 aromatic heterocycles. The molecule has 0 saturated heterocycles. The maximum Gasteiger partial charge on any atom is 0.417 e. The first-order chi connectivity index (χ1) is 10.1. The highest BCUT2D eigenvalue weighted by Gasteiger charge is 2.34. The van der Waals surface area contributed by atoms with E-state index in [2.05, 4.69) is 6.58 Å². The van der Waals surface area contributed by atoms with Crippen molar-refractivity contribution in [3.05, 3.63) is 41.6 Å². The fourth-order valence-corrected chi connectivity index (χ4v) is 2.28. The van der Waals surface area contributed by atoms with Gasteiger partial charge in [0.1, 0.15) is 0 Å². The maximum absolute atomic E-state index is 13.1. The third-order valence-corrected chi connectivity index (χ3v) is 3.63. The van der Waals surface area contributed by atoms with Gasteiger partial charge in [-0.1, -0.05) is 6.58 Å². The lowest BCUT2D eigenvalue weighted by Crippen LogP contribution is -2.38. The van der Waals surface area contributed by atoms with Crippen LogP contribution in [0, 0.1) is 11.3 Å². The highest BCUT2D eigenvalue weighted by molar-refractivity contribution is 5.56. The Morgan fingerprint density at radius 2 is 1.95 bits per heavy atom. The molecule has 1 aromatic carbocycles. The Hall–Kier alpha value is -2.16. The van der Waals surface area contributed by atoms with E-state index in [9.17, 15) is 13.2 Å². The van der Waals surface area contributed by atoms with E-state index >= 15 is 0 Å². The molecule has 0 aliphatic heterocycles. The van der Waals surface area contributed by atoms with Crippen molar-refractivity contribution >= 4 is 5.69 Å². The lowest BCUT2D eigenvalue weighted by atomic mass is 10.1. The predicted molar refractivity (Wildman–Crippen MR) is 81.5 cm³/mol. The fraction of sp³-hybridized carbons (Fsp3) is 0.438. The van der Waals surface area contributed by atoms with E-state index in [4.69, 9.17) is 5.26 Å². The van der Waals surface area contributed by atoms with Crippen LogP contribution < -0.4 is 4.90 Å². The zero-order valence-corrected chi connectivity index (χ0v) is 13.2. The van der Waals surface area contributed by atoms with E-state index in [0.717, 1.165) is 11.8 Å². The molecule has 1 rings (SSSR count). The van der Waals surface area contributed by atoms with Gasteiger partial charge in [0, 0.05) is 32.0 Å². The summed E-state index contributed by atoms with van der Waals surface area (Å²) in [6.45, 7) is 8.24. The first-order valence-electron chi connectivity index (χ1n) is 6.87. The molecule has 0 aliphatic rings. The van der Waals surface area contributed by atoms with Gasteiger partial charge in [0.05, 0.1) is 23.2 Å². The smallest absolute Gasteiger partial charge is 0.380 e. The molecular formula is C16H20F3N3. The van der Waals surface area contributed by atoms with E-state index < -0.39 is 11.7 Å². The molecule has 0 saturated carbocycles. The SMILES string of the molecule is C=C(C(C)N(CC)c1ccc(C#N)c(C(F)(F)F)c1)N(C)C. The van der Waals surface area contributed by atoms with Gasteiger partial charge >= 0.3 is 6.18 Å². The highest BCUT2D eigenvalue weighted by atomic mass is 19.4. The molecule has 0 bridgehead atoms. The van der Waals surface area contributed by atoms with Crippen molar-refractivity contribution in [2.24, 2.45) is 0 Å². The first kappa shape index (κ1) is 17.9. The molecular weight excluding hydrogens is 291 g/mol. The summed E-state index contributed by atoms with van der Waals surface area (Å²) in [6.07, 6.45) is -4.55. The molecule has 22 heavy (non-hydrogen) atoms. The van der Waals surface area contributed by atoms with E-state index in [0.29, 0.717) is 12.2 Å². The topological polar surface area (TPSA) is 30.3 Å². The molecule has 6 heteroatoms. The van der Waals surface area contributed by atoms with E-state index in [1.807, 2.05) is 37.7 Å². The van der Waals surface area contributed by atoms with Crippen molar-refractivity contribution < 1.29 is 13.2 Å².